The van der Waals surface area contributed by atoms with Crippen molar-refractivity contribution >= 4 is 34.4 Å². The monoisotopic (exact) mass is 398 g/mol. The van der Waals surface area contributed by atoms with E-state index in [1.807, 2.05) is 6.07 Å². The predicted molar refractivity (Wildman–Crippen MR) is 124 cm³/mol. The standard InChI is InChI=1S/C25H27BN2O2/c1-6-23-27-21-9-7-8-10-22(21)28(23)20-14-12-17-11-13-19(15-18(17)16-20)26-29-24(2,3)25(4,5)30-26/h7-16H,6H2,1-5H3. The van der Waals surface area contributed by atoms with E-state index in [1.54, 1.807) is 0 Å². The van der Waals surface area contributed by atoms with Gasteiger partial charge in [-0.2, -0.15) is 0 Å². The van der Waals surface area contributed by atoms with Gasteiger partial charge in [-0.1, -0.05) is 43.3 Å². The lowest BCUT2D eigenvalue weighted by Gasteiger charge is -2.32. The van der Waals surface area contributed by atoms with Gasteiger partial charge in [0.25, 0.3) is 0 Å². The fraction of sp³-hybridized carbons (Fsp3) is 0.320. The summed E-state index contributed by atoms with van der Waals surface area (Å²) in [6.45, 7) is 10.5. The van der Waals surface area contributed by atoms with E-state index in [0.717, 1.165) is 34.4 Å². The topological polar surface area (TPSA) is 36.3 Å². The van der Waals surface area contributed by atoms with Crippen LogP contribution in [0.2, 0.25) is 0 Å². The number of nitrogens with zero attached hydrogens (tertiary/aromatic N) is 2. The number of aromatic nitrogens is 2. The second-order valence-corrected chi connectivity index (χ2v) is 9.08. The molecule has 0 amide bonds. The van der Waals surface area contributed by atoms with Crippen LogP contribution in [0.5, 0.6) is 0 Å². The molecule has 0 aliphatic carbocycles. The summed E-state index contributed by atoms with van der Waals surface area (Å²) in [5, 5.41) is 2.36. The van der Waals surface area contributed by atoms with Crippen molar-refractivity contribution in [1.82, 2.24) is 9.55 Å². The van der Waals surface area contributed by atoms with Gasteiger partial charge in [0.1, 0.15) is 5.82 Å². The van der Waals surface area contributed by atoms with Gasteiger partial charge < -0.3 is 9.31 Å². The SMILES string of the molecule is CCc1nc2ccccc2n1-c1ccc2ccc(B3OC(C)(C)C(C)(C)O3)cc2c1. The number of hydrogen-bond donors (Lipinski definition) is 0. The van der Waals surface area contributed by atoms with Crippen LogP contribution in [-0.4, -0.2) is 27.9 Å². The first-order valence-electron chi connectivity index (χ1n) is 10.7. The second-order valence-electron chi connectivity index (χ2n) is 9.08. The lowest BCUT2D eigenvalue weighted by Crippen LogP contribution is -2.41. The average Bonchev–Trinajstić information content (AvgIpc) is 3.20. The molecule has 3 aromatic carbocycles. The molecule has 4 aromatic rings. The number of para-hydroxylation sites is 2. The van der Waals surface area contributed by atoms with Crippen LogP contribution in [0.15, 0.2) is 60.7 Å². The van der Waals surface area contributed by atoms with E-state index in [0.29, 0.717) is 0 Å². The normalized spacial score (nSPS) is 17.8. The summed E-state index contributed by atoms with van der Waals surface area (Å²) in [6.07, 6.45) is 0.876. The van der Waals surface area contributed by atoms with E-state index in [-0.39, 0.29) is 18.3 Å². The Morgan fingerprint density at radius 3 is 2.30 bits per heavy atom. The van der Waals surface area contributed by atoms with Gasteiger partial charge >= 0.3 is 7.12 Å². The summed E-state index contributed by atoms with van der Waals surface area (Å²) in [7, 11) is -0.358. The molecule has 0 N–H and O–H groups in total. The van der Waals surface area contributed by atoms with Crippen molar-refractivity contribution in [2.24, 2.45) is 0 Å². The molecule has 0 bridgehead atoms. The van der Waals surface area contributed by atoms with E-state index >= 15 is 0 Å². The first-order chi connectivity index (χ1) is 14.3. The van der Waals surface area contributed by atoms with Gasteiger partial charge in [-0.05, 0) is 68.2 Å². The smallest absolute Gasteiger partial charge is 0.399 e. The Morgan fingerprint density at radius 1 is 0.867 bits per heavy atom. The van der Waals surface area contributed by atoms with Crippen LogP contribution in [0.3, 0.4) is 0 Å². The molecule has 1 fully saturated rings. The number of benzene rings is 3. The predicted octanol–water partition coefficient (Wildman–Crippen LogP) is 5.04. The van der Waals surface area contributed by atoms with Gasteiger partial charge in [-0.15, -0.1) is 0 Å². The van der Waals surface area contributed by atoms with Crippen molar-refractivity contribution in [1.29, 1.82) is 0 Å². The van der Waals surface area contributed by atoms with Crippen molar-refractivity contribution in [3.05, 3.63) is 66.5 Å². The van der Waals surface area contributed by atoms with E-state index in [9.17, 15) is 0 Å². The third-order valence-electron chi connectivity index (χ3n) is 6.58. The zero-order valence-electron chi connectivity index (χ0n) is 18.3. The van der Waals surface area contributed by atoms with E-state index < -0.39 is 0 Å². The van der Waals surface area contributed by atoms with Crippen molar-refractivity contribution < 1.29 is 9.31 Å². The lowest BCUT2D eigenvalue weighted by atomic mass is 9.78. The number of fused-ring (bicyclic) bond motifs is 2. The first-order valence-corrected chi connectivity index (χ1v) is 10.7. The van der Waals surface area contributed by atoms with Crippen LogP contribution in [0.25, 0.3) is 27.5 Å². The van der Waals surface area contributed by atoms with Gasteiger partial charge in [-0.25, -0.2) is 4.98 Å². The molecule has 1 aliphatic heterocycles. The molecule has 1 saturated heterocycles. The molecule has 5 heteroatoms. The van der Waals surface area contributed by atoms with E-state index in [2.05, 4.69) is 93.8 Å². The highest BCUT2D eigenvalue weighted by Crippen LogP contribution is 2.36. The van der Waals surface area contributed by atoms with Gasteiger partial charge in [0.15, 0.2) is 0 Å². The fourth-order valence-corrected chi connectivity index (χ4v) is 4.12. The lowest BCUT2D eigenvalue weighted by molar-refractivity contribution is 0.00578. The minimum Gasteiger partial charge on any atom is -0.399 e. The molecule has 0 saturated carbocycles. The average molecular weight is 398 g/mol. The highest BCUT2D eigenvalue weighted by molar-refractivity contribution is 6.62. The summed E-state index contributed by atoms with van der Waals surface area (Å²) in [4.78, 5) is 4.82. The zero-order valence-corrected chi connectivity index (χ0v) is 18.3. The van der Waals surface area contributed by atoms with Crippen LogP contribution >= 0.6 is 0 Å². The summed E-state index contributed by atoms with van der Waals surface area (Å²) in [5.41, 5.74) is 3.64. The maximum atomic E-state index is 6.26. The number of rotatable bonds is 3. The molecule has 30 heavy (non-hydrogen) atoms. The Hall–Kier alpha value is -2.63. The van der Waals surface area contributed by atoms with Crippen molar-refractivity contribution in [3.8, 4) is 5.69 Å². The first kappa shape index (κ1) is 19.3. The molecule has 5 rings (SSSR count). The number of imidazole rings is 1. The zero-order chi connectivity index (χ0) is 21.1. The van der Waals surface area contributed by atoms with Crippen LogP contribution in [0.1, 0.15) is 40.4 Å². The van der Waals surface area contributed by atoms with Crippen molar-refractivity contribution in [2.45, 2.75) is 52.2 Å². The van der Waals surface area contributed by atoms with Crippen LogP contribution < -0.4 is 5.46 Å². The van der Waals surface area contributed by atoms with Crippen LogP contribution in [-0.2, 0) is 15.7 Å². The Morgan fingerprint density at radius 2 is 1.57 bits per heavy atom. The Kier molecular flexibility index (Phi) is 4.32. The minimum absolute atomic E-state index is 0.347. The molecule has 2 heterocycles. The Balaban J connectivity index is 1.60. The highest BCUT2D eigenvalue weighted by Gasteiger charge is 2.51. The molecule has 1 aromatic heterocycles. The molecular weight excluding hydrogens is 371 g/mol. The van der Waals surface area contributed by atoms with Gasteiger partial charge in [-0.3, -0.25) is 4.57 Å². The molecule has 0 spiro atoms. The van der Waals surface area contributed by atoms with Crippen LogP contribution in [0.4, 0.5) is 0 Å². The molecule has 1 aliphatic rings. The van der Waals surface area contributed by atoms with Crippen molar-refractivity contribution in [2.75, 3.05) is 0 Å². The van der Waals surface area contributed by atoms with Gasteiger partial charge in [0, 0.05) is 12.1 Å². The minimum atomic E-state index is -0.358. The number of hydrogen-bond acceptors (Lipinski definition) is 3. The molecule has 0 atom stereocenters. The molecular formula is C25H27BN2O2. The summed E-state index contributed by atoms with van der Waals surface area (Å²) >= 11 is 0. The molecule has 152 valence electrons. The third kappa shape index (κ3) is 2.96. The Bertz CT molecular complexity index is 1240. The quantitative estimate of drug-likeness (QED) is 0.454. The van der Waals surface area contributed by atoms with Gasteiger partial charge in [0.2, 0.25) is 0 Å². The molecule has 0 radical (unpaired) electrons. The summed E-state index contributed by atoms with van der Waals surface area (Å²) in [6, 6.07) is 21.3. The fourth-order valence-electron chi connectivity index (χ4n) is 4.12. The van der Waals surface area contributed by atoms with E-state index in [4.69, 9.17) is 14.3 Å². The highest BCUT2D eigenvalue weighted by atomic mass is 16.7. The maximum Gasteiger partial charge on any atom is 0.494 e. The third-order valence-corrected chi connectivity index (χ3v) is 6.58. The van der Waals surface area contributed by atoms with Crippen molar-refractivity contribution in [3.63, 3.8) is 0 Å². The Labute approximate surface area is 178 Å². The summed E-state index contributed by atoms with van der Waals surface area (Å²) < 4.78 is 14.8. The number of aryl methyl sites for hydroxylation is 1. The molecule has 4 nitrogen and oxygen atoms in total. The summed E-state index contributed by atoms with van der Waals surface area (Å²) in [5.74, 6) is 1.07. The van der Waals surface area contributed by atoms with Gasteiger partial charge in [0.05, 0.1) is 22.2 Å². The van der Waals surface area contributed by atoms with E-state index in [1.165, 1.54) is 10.8 Å². The largest absolute Gasteiger partial charge is 0.494 e. The second kappa shape index (κ2) is 6.69. The van der Waals surface area contributed by atoms with Crippen LogP contribution in [0, 0.1) is 0 Å². The molecule has 0 unspecified atom stereocenters. The maximum absolute atomic E-state index is 6.26.